The van der Waals surface area contributed by atoms with E-state index in [1.165, 1.54) is 5.56 Å². The fourth-order valence-corrected chi connectivity index (χ4v) is 3.97. The molecule has 1 aliphatic heterocycles. The molecule has 5 heteroatoms. The van der Waals surface area contributed by atoms with E-state index < -0.39 is 0 Å². The maximum atomic E-state index is 12.3. The zero-order valence-electron chi connectivity index (χ0n) is 13.1. The minimum atomic E-state index is 0.0343. The van der Waals surface area contributed by atoms with Crippen molar-refractivity contribution in [1.82, 2.24) is 9.88 Å². The molecule has 4 nitrogen and oxygen atoms in total. The molecule has 1 aliphatic rings. The smallest absolute Gasteiger partial charge is 0.233 e. The minimum Gasteiger partial charge on any atom is -0.493 e. The Labute approximate surface area is 140 Å². The number of pyridine rings is 1. The molecule has 120 valence electrons. The van der Waals surface area contributed by atoms with E-state index >= 15 is 0 Å². The number of carbonyl (C=O) groups is 1. The summed E-state index contributed by atoms with van der Waals surface area (Å²) in [4.78, 5) is 18.3. The molecular weight excluding hydrogens is 308 g/mol. The van der Waals surface area contributed by atoms with Gasteiger partial charge in [-0.1, -0.05) is 18.2 Å². The van der Waals surface area contributed by atoms with Crippen LogP contribution >= 0.6 is 11.8 Å². The molecule has 1 aromatic heterocycles. The van der Waals surface area contributed by atoms with Crippen LogP contribution < -0.4 is 4.74 Å². The van der Waals surface area contributed by atoms with Crippen LogP contribution in [-0.4, -0.2) is 34.7 Å². The number of amides is 1. The topological polar surface area (TPSA) is 42.4 Å². The summed E-state index contributed by atoms with van der Waals surface area (Å²) in [6.07, 6.45) is 4.41. The summed E-state index contributed by atoms with van der Waals surface area (Å²) in [5, 5.41) is 0.0343. The zero-order chi connectivity index (χ0) is 16.1. The van der Waals surface area contributed by atoms with Gasteiger partial charge >= 0.3 is 0 Å². The summed E-state index contributed by atoms with van der Waals surface area (Å²) < 4.78 is 5.74. The second-order valence-electron chi connectivity index (χ2n) is 5.33. The Kier molecular flexibility index (Phi) is 5.18. The lowest BCUT2D eigenvalue weighted by molar-refractivity contribution is -0.128. The molecular formula is C18H20N2O2S. The molecule has 0 spiro atoms. The number of benzene rings is 1. The Morgan fingerprint density at radius 2 is 2.04 bits per heavy atom. The molecule has 1 unspecified atom stereocenters. The fraction of sp³-hybridized carbons (Fsp3) is 0.333. The number of ether oxygens (including phenoxy) is 1. The van der Waals surface area contributed by atoms with Gasteiger partial charge in [-0.05, 0) is 37.1 Å². The highest BCUT2D eigenvalue weighted by Gasteiger charge is 2.34. The molecule has 23 heavy (non-hydrogen) atoms. The van der Waals surface area contributed by atoms with Crippen LogP contribution in [0, 0.1) is 0 Å². The summed E-state index contributed by atoms with van der Waals surface area (Å²) in [6.45, 7) is 3.31. The highest BCUT2D eigenvalue weighted by Crippen LogP contribution is 2.42. The number of hydrogen-bond donors (Lipinski definition) is 0. The van der Waals surface area contributed by atoms with Crippen molar-refractivity contribution in [2.45, 2.75) is 18.7 Å². The average Bonchev–Trinajstić information content (AvgIpc) is 2.95. The van der Waals surface area contributed by atoms with Gasteiger partial charge in [-0.2, -0.15) is 0 Å². The highest BCUT2D eigenvalue weighted by molar-refractivity contribution is 8.00. The lowest BCUT2D eigenvalue weighted by Crippen LogP contribution is -2.30. The van der Waals surface area contributed by atoms with Crippen molar-refractivity contribution in [3.8, 4) is 5.75 Å². The summed E-state index contributed by atoms with van der Waals surface area (Å²) in [7, 11) is 0. The molecule has 1 fully saturated rings. The molecule has 1 atom stereocenters. The van der Waals surface area contributed by atoms with E-state index in [4.69, 9.17) is 4.74 Å². The largest absolute Gasteiger partial charge is 0.493 e. The van der Waals surface area contributed by atoms with Gasteiger partial charge in [0.15, 0.2) is 0 Å². The Balaban J connectivity index is 1.77. The Hall–Kier alpha value is -2.01. The molecule has 0 saturated carbocycles. The number of hydrogen-bond acceptors (Lipinski definition) is 4. The van der Waals surface area contributed by atoms with Gasteiger partial charge in [-0.15, -0.1) is 11.8 Å². The predicted molar refractivity (Wildman–Crippen MR) is 92.5 cm³/mol. The molecule has 2 aromatic rings. The van der Waals surface area contributed by atoms with E-state index in [0.29, 0.717) is 18.9 Å². The van der Waals surface area contributed by atoms with Crippen LogP contribution in [0.5, 0.6) is 5.75 Å². The van der Waals surface area contributed by atoms with E-state index in [1.807, 2.05) is 42.2 Å². The first-order chi connectivity index (χ1) is 11.3. The van der Waals surface area contributed by atoms with Gasteiger partial charge in [-0.3, -0.25) is 9.78 Å². The van der Waals surface area contributed by atoms with Gasteiger partial charge in [0.25, 0.3) is 0 Å². The monoisotopic (exact) mass is 328 g/mol. The van der Waals surface area contributed by atoms with Crippen molar-refractivity contribution >= 4 is 17.7 Å². The van der Waals surface area contributed by atoms with E-state index in [9.17, 15) is 4.79 Å². The quantitative estimate of drug-likeness (QED) is 0.816. The second-order valence-corrected chi connectivity index (χ2v) is 6.40. The number of rotatable bonds is 6. The van der Waals surface area contributed by atoms with Crippen LogP contribution in [0.1, 0.15) is 23.4 Å². The Morgan fingerprint density at radius 3 is 2.83 bits per heavy atom. The molecule has 3 rings (SSSR count). The number of aromatic nitrogens is 1. The summed E-state index contributed by atoms with van der Waals surface area (Å²) in [5.41, 5.74) is 2.28. The fourth-order valence-electron chi connectivity index (χ4n) is 2.72. The standard InChI is InChI=1S/C18H20N2O2S/c1-2-22-16-6-4-3-5-15(16)18-20(17(21)13-23-18)12-9-14-7-10-19-11-8-14/h3-8,10-11,18H,2,9,12-13H2,1H3. The number of para-hydroxylation sites is 1. The lowest BCUT2D eigenvalue weighted by atomic mass is 10.1. The third-order valence-electron chi connectivity index (χ3n) is 3.84. The number of thioether (sulfide) groups is 1. The van der Waals surface area contributed by atoms with Crippen molar-refractivity contribution in [3.63, 3.8) is 0 Å². The van der Waals surface area contributed by atoms with Crippen LogP contribution in [-0.2, 0) is 11.2 Å². The zero-order valence-corrected chi connectivity index (χ0v) is 14.0. The van der Waals surface area contributed by atoms with E-state index in [0.717, 1.165) is 17.7 Å². The molecule has 0 aliphatic carbocycles. The first-order valence-corrected chi connectivity index (χ1v) is 8.86. The van der Waals surface area contributed by atoms with Gasteiger partial charge in [0.05, 0.1) is 12.4 Å². The van der Waals surface area contributed by atoms with E-state index in [2.05, 4.69) is 11.1 Å². The van der Waals surface area contributed by atoms with Crippen LogP contribution in [0.15, 0.2) is 48.8 Å². The maximum Gasteiger partial charge on any atom is 0.233 e. The van der Waals surface area contributed by atoms with Crippen molar-refractivity contribution in [3.05, 3.63) is 59.9 Å². The second kappa shape index (κ2) is 7.51. The van der Waals surface area contributed by atoms with Gasteiger partial charge < -0.3 is 9.64 Å². The van der Waals surface area contributed by atoms with Gasteiger partial charge in [-0.25, -0.2) is 0 Å². The highest BCUT2D eigenvalue weighted by atomic mass is 32.2. The molecule has 0 bridgehead atoms. The molecule has 1 aromatic carbocycles. The normalized spacial score (nSPS) is 17.5. The Morgan fingerprint density at radius 1 is 1.26 bits per heavy atom. The van der Waals surface area contributed by atoms with E-state index in [-0.39, 0.29) is 11.3 Å². The van der Waals surface area contributed by atoms with E-state index in [1.54, 1.807) is 24.2 Å². The lowest BCUT2D eigenvalue weighted by Gasteiger charge is -2.25. The van der Waals surface area contributed by atoms with Crippen molar-refractivity contribution in [2.75, 3.05) is 18.9 Å². The van der Waals surface area contributed by atoms with Crippen molar-refractivity contribution in [2.24, 2.45) is 0 Å². The number of nitrogens with zero attached hydrogens (tertiary/aromatic N) is 2. The first-order valence-electron chi connectivity index (χ1n) is 7.81. The van der Waals surface area contributed by atoms with Crippen LogP contribution in [0.25, 0.3) is 0 Å². The van der Waals surface area contributed by atoms with Gasteiger partial charge in [0.2, 0.25) is 5.91 Å². The third kappa shape index (κ3) is 3.67. The minimum absolute atomic E-state index is 0.0343. The molecule has 1 saturated heterocycles. The van der Waals surface area contributed by atoms with Crippen molar-refractivity contribution < 1.29 is 9.53 Å². The van der Waals surface area contributed by atoms with Gasteiger partial charge in [0, 0.05) is 24.5 Å². The third-order valence-corrected chi connectivity index (χ3v) is 5.08. The summed E-state index contributed by atoms with van der Waals surface area (Å²) >= 11 is 1.67. The van der Waals surface area contributed by atoms with Crippen LogP contribution in [0.4, 0.5) is 0 Å². The Bertz CT molecular complexity index is 663. The number of carbonyl (C=O) groups excluding carboxylic acids is 1. The molecule has 0 radical (unpaired) electrons. The molecule has 1 amide bonds. The SMILES string of the molecule is CCOc1ccccc1C1SCC(=O)N1CCc1ccncc1. The summed E-state index contributed by atoms with van der Waals surface area (Å²) in [5.74, 6) is 1.60. The molecule has 0 N–H and O–H groups in total. The van der Waals surface area contributed by atoms with Crippen LogP contribution in [0.3, 0.4) is 0 Å². The first kappa shape index (κ1) is 15.9. The maximum absolute atomic E-state index is 12.3. The predicted octanol–water partition coefficient (Wildman–Crippen LogP) is 3.30. The van der Waals surface area contributed by atoms with Crippen LogP contribution in [0.2, 0.25) is 0 Å². The molecule has 2 heterocycles. The summed E-state index contributed by atoms with van der Waals surface area (Å²) in [6, 6.07) is 12.0. The average molecular weight is 328 g/mol. The van der Waals surface area contributed by atoms with Crippen molar-refractivity contribution in [1.29, 1.82) is 0 Å². The van der Waals surface area contributed by atoms with Gasteiger partial charge in [0.1, 0.15) is 11.1 Å².